The summed E-state index contributed by atoms with van der Waals surface area (Å²) in [6.07, 6.45) is 0. The molecule has 0 aliphatic carbocycles. The van der Waals surface area contributed by atoms with Crippen LogP contribution in [0.5, 0.6) is 0 Å². The molecule has 2 rings (SSSR count). The molecule has 1 aromatic carbocycles. The Morgan fingerprint density at radius 1 is 1.39 bits per heavy atom. The Morgan fingerprint density at radius 3 is 2.61 bits per heavy atom. The number of anilines is 2. The highest BCUT2D eigenvalue weighted by Gasteiger charge is 2.45. The van der Waals surface area contributed by atoms with E-state index < -0.39 is 5.85 Å². The van der Waals surface area contributed by atoms with Gasteiger partial charge in [0.2, 0.25) is 5.85 Å². The quantitative estimate of drug-likeness (QED) is 0.886. The van der Waals surface area contributed by atoms with Crippen molar-refractivity contribution >= 4 is 27.3 Å². The zero-order chi connectivity index (χ0) is 13.6. The van der Waals surface area contributed by atoms with E-state index in [0.717, 1.165) is 10.2 Å². The summed E-state index contributed by atoms with van der Waals surface area (Å²) in [6, 6.07) is 6.27. The van der Waals surface area contributed by atoms with Gasteiger partial charge >= 0.3 is 0 Å². The van der Waals surface area contributed by atoms with Crippen molar-refractivity contribution in [3.8, 4) is 0 Å². The topological polar surface area (TPSA) is 24.5 Å². The van der Waals surface area contributed by atoms with Crippen LogP contribution in [0, 0.1) is 0 Å². The van der Waals surface area contributed by atoms with Crippen LogP contribution in [-0.4, -0.2) is 18.0 Å². The molecule has 100 valence electrons. The Hall–Kier alpha value is -0.740. The lowest BCUT2D eigenvalue weighted by atomic mass is 10.0. The van der Waals surface area contributed by atoms with Gasteiger partial charge in [-0.15, -0.1) is 0 Å². The summed E-state index contributed by atoms with van der Waals surface area (Å²) in [5.41, 5.74) is 2.26. The van der Waals surface area contributed by atoms with Crippen LogP contribution in [0.15, 0.2) is 22.7 Å². The molecule has 1 atom stereocenters. The molecular formula is C14H21BrN2O. The fourth-order valence-corrected chi connectivity index (χ4v) is 3.06. The van der Waals surface area contributed by atoms with Gasteiger partial charge in [0, 0.05) is 23.5 Å². The van der Waals surface area contributed by atoms with Crippen molar-refractivity contribution in [2.45, 2.75) is 46.0 Å². The molecule has 0 saturated heterocycles. The molecule has 0 fully saturated rings. The van der Waals surface area contributed by atoms with Crippen molar-refractivity contribution in [1.82, 2.24) is 0 Å². The van der Waals surface area contributed by atoms with Crippen molar-refractivity contribution in [2.24, 2.45) is 0 Å². The first kappa shape index (κ1) is 13.7. The Kier molecular flexibility index (Phi) is 3.36. The van der Waals surface area contributed by atoms with Crippen LogP contribution in [0.4, 0.5) is 11.4 Å². The lowest BCUT2D eigenvalue weighted by Gasteiger charge is -2.44. The lowest BCUT2D eigenvalue weighted by Crippen LogP contribution is -2.58. The molecule has 1 aliphatic rings. The number of benzene rings is 1. The molecule has 0 amide bonds. The Morgan fingerprint density at radius 2 is 2.06 bits per heavy atom. The third kappa shape index (κ3) is 2.24. The van der Waals surface area contributed by atoms with Gasteiger partial charge in [0.25, 0.3) is 0 Å². The minimum atomic E-state index is -0.490. The number of halogens is 1. The minimum absolute atomic E-state index is 0.0248. The van der Waals surface area contributed by atoms with Crippen LogP contribution in [-0.2, 0) is 4.74 Å². The molecule has 1 aliphatic heterocycles. The van der Waals surface area contributed by atoms with Gasteiger partial charge in [-0.3, -0.25) is 0 Å². The average molecular weight is 313 g/mol. The summed E-state index contributed by atoms with van der Waals surface area (Å²) >= 11 is 3.54. The van der Waals surface area contributed by atoms with Gasteiger partial charge in [-0.25, -0.2) is 0 Å². The number of rotatable bonds is 2. The molecule has 1 unspecified atom stereocenters. The number of hydrogen-bond acceptors (Lipinski definition) is 3. The summed E-state index contributed by atoms with van der Waals surface area (Å²) < 4.78 is 7.03. The minimum Gasteiger partial charge on any atom is -0.339 e. The summed E-state index contributed by atoms with van der Waals surface area (Å²) in [6.45, 7) is 11.4. The SMILES string of the molecule is CCOC1(C)Nc2ccc(Br)cc2N1C(C)(C)C. The summed E-state index contributed by atoms with van der Waals surface area (Å²) in [5.74, 6) is -0.490. The second-order valence-corrected chi connectivity index (χ2v) is 6.62. The van der Waals surface area contributed by atoms with Crippen molar-refractivity contribution in [3.05, 3.63) is 22.7 Å². The lowest BCUT2D eigenvalue weighted by molar-refractivity contribution is -0.0113. The van der Waals surface area contributed by atoms with E-state index >= 15 is 0 Å². The average Bonchev–Trinajstić information content (AvgIpc) is 2.49. The molecule has 18 heavy (non-hydrogen) atoms. The molecule has 0 bridgehead atoms. The van der Waals surface area contributed by atoms with Gasteiger partial charge in [0.1, 0.15) is 0 Å². The van der Waals surface area contributed by atoms with Gasteiger partial charge in [0.15, 0.2) is 0 Å². The molecule has 0 radical (unpaired) electrons. The maximum Gasteiger partial charge on any atom is 0.216 e. The Bertz CT molecular complexity index is 456. The monoisotopic (exact) mass is 312 g/mol. The fraction of sp³-hybridized carbons (Fsp3) is 0.571. The van der Waals surface area contributed by atoms with E-state index in [2.05, 4.69) is 66.0 Å². The molecule has 3 nitrogen and oxygen atoms in total. The van der Waals surface area contributed by atoms with Gasteiger partial charge < -0.3 is 15.0 Å². The summed E-state index contributed by atoms with van der Waals surface area (Å²) in [5, 5.41) is 3.48. The van der Waals surface area contributed by atoms with E-state index in [4.69, 9.17) is 4.74 Å². The second kappa shape index (κ2) is 4.42. The number of hydrogen-bond donors (Lipinski definition) is 1. The van der Waals surface area contributed by atoms with E-state index in [9.17, 15) is 0 Å². The van der Waals surface area contributed by atoms with E-state index in [1.165, 1.54) is 5.69 Å². The number of ether oxygens (including phenoxy) is 1. The summed E-state index contributed by atoms with van der Waals surface area (Å²) in [4.78, 5) is 2.30. The molecule has 0 saturated carbocycles. The number of nitrogens with one attached hydrogen (secondary N) is 1. The highest BCUT2D eigenvalue weighted by Crippen LogP contribution is 2.45. The predicted octanol–water partition coefficient (Wildman–Crippen LogP) is 4.19. The predicted molar refractivity (Wildman–Crippen MR) is 80.0 cm³/mol. The molecular weight excluding hydrogens is 292 g/mol. The molecule has 0 aromatic heterocycles. The van der Waals surface area contributed by atoms with Crippen molar-refractivity contribution in [2.75, 3.05) is 16.8 Å². The molecule has 1 aromatic rings. The first-order valence-corrected chi connectivity index (χ1v) is 7.09. The highest BCUT2D eigenvalue weighted by molar-refractivity contribution is 9.10. The first-order chi connectivity index (χ1) is 8.28. The highest BCUT2D eigenvalue weighted by atomic mass is 79.9. The Balaban J connectivity index is 2.52. The maximum absolute atomic E-state index is 5.95. The third-order valence-corrected chi connectivity index (χ3v) is 3.58. The van der Waals surface area contributed by atoms with Crippen LogP contribution in [0.3, 0.4) is 0 Å². The molecule has 0 spiro atoms. The fourth-order valence-electron chi connectivity index (χ4n) is 2.71. The molecule has 1 N–H and O–H groups in total. The maximum atomic E-state index is 5.95. The van der Waals surface area contributed by atoms with Crippen molar-refractivity contribution in [1.29, 1.82) is 0 Å². The van der Waals surface area contributed by atoms with Gasteiger partial charge in [-0.2, -0.15) is 0 Å². The first-order valence-electron chi connectivity index (χ1n) is 6.30. The van der Waals surface area contributed by atoms with Gasteiger partial charge in [-0.1, -0.05) is 15.9 Å². The van der Waals surface area contributed by atoms with Crippen molar-refractivity contribution in [3.63, 3.8) is 0 Å². The van der Waals surface area contributed by atoms with Crippen LogP contribution < -0.4 is 10.2 Å². The standard InChI is InChI=1S/C14H21BrN2O/c1-6-18-14(5)16-11-8-7-10(15)9-12(11)17(14)13(2,3)4/h7-9,16H,6H2,1-5H3. The van der Waals surface area contributed by atoms with E-state index in [0.29, 0.717) is 6.61 Å². The molecule has 1 heterocycles. The van der Waals surface area contributed by atoms with Crippen LogP contribution in [0.2, 0.25) is 0 Å². The zero-order valence-corrected chi connectivity index (χ0v) is 13.3. The summed E-state index contributed by atoms with van der Waals surface area (Å²) in [7, 11) is 0. The Labute approximate surface area is 118 Å². The van der Waals surface area contributed by atoms with E-state index in [-0.39, 0.29) is 5.54 Å². The van der Waals surface area contributed by atoms with Crippen LogP contribution in [0.25, 0.3) is 0 Å². The van der Waals surface area contributed by atoms with Gasteiger partial charge in [-0.05, 0) is 45.9 Å². The van der Waals surface area contributed by atoms with Crippen LogP contribution in [0.1, 0.15) is 34.6 Å². The zero-order valence-electron chi connectivity index (χ0n) is 11.7. The normalized spacial score (nSPS) is 22.9. The number of nitrogens with zero attached hydrogens (tertiary/aromatic N) is 1. The van der Waals surface area contributed by atoms with Crippen molar-refractivity contribution < 1.29 is 4.74 Å². The van der Waals surface area contributed by atoms with Gasteiger partial charge in [0.05, 0.1) is 11.4 Å². The second-order valence-electron chi connectivity index (χ2n) is 5.71. The smallest absolute Gasteiger partial charge is 0.216 e. The van der Waals surface area contributed by atoms with E-state index in [1.54, 1.807) is 0 Å². The molecule has 4 heteroatoms. The number of fused-ring (bicyclic) bond motifs is 1. The third-order valence-electron chi connectivity index (χ3n) is 3.09. The van der Waals surface area contributed by atoms with Crippen LogP contribution >= 0.6 is 15.9 Å². The largest absolute Gasteiger partial charge is 0.339 e. The van der Waals surface area contributed by atoms with E-state index in [1.807, 2.05) is 13.0 Å².